The van der Waals surface area contributed by atoms with E-state index < -0.39 is 0 Å². The molecule has 2 fully saturated rings. The minimum absolute atomic E-state index is 0.0339. The highest BCUT2D eigenvalue weighted by molar-refractivity contribution is 5.85. The van der Waals surface area contributed by atoms with Gasteiger partial charge in [-0.2, -0.15) is 0 Å². The number of hydrogen-bond acceptors (Lipinski definition) is 5. The summed E-state index contributed by atoms with van der Waals surface area (Å²) in [6, 6.07) is 13.0. The molecule has 2 bridgehead atoms. The molecule has 5 heteroatoms. The first-order valence-corrected chi connectivity index (χ1v) is 12.7. The van der Waals surface area contributed by atoms with E-state index >= 15 is 0 Å². The fraction of sp³-hybridized carbons (Fsp3) is 0.552. The normalized spacial score (nSPS) is 28.1. The van der Waals surface area contributed by atoms with Crippen LogP contribution >= 0.6 is 0 Å². The molecule has 5 rings (SSSR count). The first-order valence-electron chi connectivity index (χ1n) is 12.7. The van der Waals surface area contributed by atoms with Crippen LogP contribution in [0.2, 0.25) is 0 Å². The molecule has 1 saturated heterocycles. The van der Waals surface area contributed by atoms with Gasteiger partial charge in [-0.15, -0.1) is 0 Å². The molecule has 1 saturated carbocycles. The van der Waals surface area contributed by atoms with Crippen molar-refractivity contribution in [1.82, 2.24) is 4.90 Å². The summed E-state index contributed by atoms with van der Waals surface area (Å²) in [5, 5.41) is 0. The first-order chi connectivity index (χ1) is 16.5. The van der Waals surface area contributed by atoms with E-state index in [0.717, 1.165) is 50.1 Å². The lowest BCUT2D eigenvalue weighted by Crippen LogP contribution is -2.64. The largest absolute Gasteiger partial charge is 0.493 e. The number of hydrogen-bond donors (Lipinski definition) is 0. The Kier molecular flexibility index (Phi) is 6.32. The highest BCUT2D eigenvalue weighted by Gasteiger charge is 2.60. The van der Waals surface area contributed by atoms with Crippen LogP contribution in [0.3, 0.4) is 0 Å². The Morgan fingerprint density at radius 1 is 1.12 bits per heavy atom. The average Bonchev–Trinajstić information content (AvgIpc) is 2.86. The molecule has 5 nitrogen and oxygen atoms in total. The van der Waals surface area contributed by atoms with Gasteiger partial charge in [-0.1, -0.05) is 37.3 Å². The van der Waals surface area contributed by atoms with Crippen LogP contribution in [0.4, 0.5) is 0 Å². The van der Waals surface area contributed by atoms with E-state index in [1.54, 1.807) is 14.2 Å². The molecule has 0 aromatic heterocycles. The molecule has 2 aromatic carbocycles. The number of nitrogens with zero attached hydrogens (tertiary/aromatic N) is 1. The molecule has 2 aliphatic carbocycles. The van der Waals surface area contributed by atoms with Crippen molar-refractivity contribution in [3.8, 4) is 17.2 Å². The fourth-order valence-corrected chi connectivity index (χ4v) is 7.12. The van der Waals surface area contributed by atoms with Crippen LogP contribution in [-0.2, 0) is 23.1 Å². The third kappa shape index (κ3) is 3.60. The summed E-state index contributed by atoms with van der Waals surface area (Å²) in [6.07, 6.45) is 5.45. The smallest absolute Gasteiger partial charge is 0.165 e. The number of ketones is 1. The van der Waals surface area contributed by atoms with Crippen molar-refractivity contribution >= 4 is 5.78 Å². The van der Waals surface area contributed by atoms with Crippen molar-refractivity contribution in [3.63, 3.8) is 0 Å². The third-order valence-corrected chi connectivity index (χ3v) is 8.85. The van der Waals surface area contributed by atoms with Crippen LogP contribution in [0.5, 0.6) is 17.2 Å². The molecule has 2 aromatic rings. The van der Waals surface area contributed by atoms with Gasteiger partial charge in [0.1, 0.15) is 11.5 Å². The molecule has 0 amide bonds. The van der Waals surface area contributed by atoms with E-state index in [2.05, 4.69) is 43.1 Å². The number of likely N-dealkylation sites (N-methyl/N-ethyl adjacent to an activating group) is 1. The lowest BCUT2D eigenvalue weighted by atomic mass is 9.48. The van der Waals surface area contributed by atoms with Gasteiger partial charge in [-0.25, -0.2) is 0 Å². The minimum atomic E-state index is -0.220. The molecule has 0 spiro atoms. The van der Waals surface area contributed by atoms with Crippen molar-refractivity contribution in [2.75, 3.05) is 34.4 Å². The van der Waals surface area contributed by atoms with E-state index in [-0.39, 0.29) is 11.3 Å². The molecule has 4 atom stereocenters. The molecule has 34 heavy (non-hydrogen) atoms. The zero-order valence-electron chi connectivity index (χ0n) is 20.9. The SMILES string of the molecule is COc1cc(OCCCc2ccccc2)c2c(c1OC)[C@]13CCN(C)[C@H](C2)[C@@H]1CCC(=O)[C@H]3C. The monoisotopic (exact) mass is 463 g/mol. The Morgan fingerprint density at radius 3 is 2.65 bits per heavy atom. The van der Waals surface area contributed by atoms with Gasteiger partial charge in [-0.3, -0.25) is 4.79 Å². The maximum absolute atomic E-state index is 13.1. The number of aryl methyl sites for hydroxylation is 1. The zero-order chi connectivity index (χ0) is 23.9. The van der Waals surface area contributed by atoms with Gasteiger partial charge in [-0.05, 0) is 57.2 Å². The Bertz CT molecular complexity index is 1050. The first kappa shape index (κ1) is 23.2. The van der Waals surface area contributed by atoms with Gasteiger partial charge < -0.3 is 19.1 Å². The highest BCUT2D eigenvalue weighted by atomic mass is 16.5. The number of benzene rings is 2. The summed E-state index contributed by atoms with van der Waals surface area (Å²) in [7, 11) is 5.65. The van der Waals surface area contributed by atoms with E-state index in [4.69, 9.17) is 14.2 Å². The number of fused-ring (bicyclic) bond motifs is 1. The quantitative estimate of drug-likeness (QED) is 0.551. The number of methoxy groups -OCH3 is 2. The summed E-state index contributed by atoms with van der Waals surface area (Å²) < 4.78 is 18.3. The summed E-state index contributed by atoms with van der Waals surface area (Å²) >= 11 is 0. The predicted octanol–water partition coefficient (Wildman–Crippen LogP) is 4.83. The van der Waals surface area contributed by atoms with Crippen molar-refractivity contribution in [1.29, 1.82) is 0 Å². The second kappa shape index (κ2) is 9.26. The maximum atomic E-state index is 13.1. The predicted molar refractivity (Wildman–Crippen MR) is 133 cm³/mol. The number of ether oxygens (including phenoxy) is 3. The Morgan fingerprint density at radius 2 is 1.91 bits per heavy atom. The van der Waals surface area contributed by atoms with Crippen molar-refractivity contribution < 1.29 is 19.0 Å². The summed E-state index contributed by atoms with van der Waals surface area (Å²) in [5.41, 5.74) is 3.50. The summed E-state index contributed by atoms with van der Waals surface area (Å²) in [5.74, 6) is 3.18. The molecular weight excluding hydrogens is 426 g/mol. The molecule has 0 N–H and O–H groups in total. The molecule has 0 unspecified atom stereocenters. The van der Waals surface area contributed by atoms with E-state index in [1.165, 1.54) is 16.7 Å². The Balaban J connectivity index is 1.55. The number of carbonyl (C=O) groups excluding carboxylic acids is 1. The van der Waals surface area contributed by atoms with E-state index in [0.29, 0.717) is 36.5 Å². The maximum Gasteiger partial charge on any atom is 0.165 e. The molecule has 1 aliphatic heterocycles. The standard InChI is InChI=1S/C29H37NO4/c1-19-24(31)13-12-22-23-17-21-25(34-16-8-11-20-9-6-5-7-10-20)18-26(32-3)28(33-4)27(21)29(19,22)14-15-30(23)2/h5-7,9-10,18-19,22-23H,8,11-17H2,1-4H3/t19-,22+,23-,29+/m1/s1. The Labute approximate surface area is 203 Å². The van der Waals surface area contributed by atoms with Crippen LogP contribution in [0.25, 0.3) is 0 Å². The average molecular weight is 464 g/mol. The van der Waals surface area contributed by atoms with Gasteiger partial charge in [0.05, 0.1) is 20.8 Å². The molecule has 1 heterocycles. The molecule has 182 valence electrons. The van der Waals surface area contributed by atoms with Crippen LogP contribution in [0.1, 0.15) is 49.3 Å². The Hall–Kier alpha value is -2.53. The van der Waals surface area contributed by atoms with E-state index in [9.17, 15) is 4.79 Å². The highest BCUT2D eigenvalue weighted by Crippen LogP contribution is 2.62. The van der Waals surface area contributed by atoms with Crippen molar-refractivity contribution in [3.05, 3.63) is 53.1 Å². The van der Waals surface area contributed by atoms with Gasteiger partial charge in [0.2, 0.25) is 0 Å². The van der Waals surface area contributed by atoms with Crippen LogP contribution in [0, 0.1) is 11.8 Å². The number of likely N-dealkylation sites (tertiary alicyclic amines) is 1. The number of piperidine rings is 1. The molecule has 0 radical (unpaired) electrons. The van der Waals surface area contributed by atoms with Gasteiger partial charge in [0, 0.05) is 41.0 Å². The summed E-state index contributed by atoms with van der Waals surface area (Å²) in [4.78, 5) is 15.6. The molecule has 3 aliphatic rings. The van der Waals surface area contributed by atoms with Gasteiger partial charge in [0.15, 0.2) is 11.5 Å². The fourth-order valence-electron chi connectivity index (χ4n) is 7.12. The second-order valence-electron chi connectivity index (χ2n) is 10.3. The van der Waals surface area contributed by atoms with Crippen LogP contribution in [0.15, 0.2) is 36.4 Å². The molecular formula is C29H37NO4. The van der Waals surface area contributed by atoms with Crippen molar-refractivity contribution in [2.24, 2.45) is 11.8 Å². The zero-order valence-corrected chi connectivity index (χ0v) is 20.9. The van der Waals surface area contributed by atoms with E-state index in [1.807, 2.05) is 12.1 Å². The van der Waals surface area contributed by atoms with Crippen LogP contribution < -0.4 is 14.2 Å². The second-order valence-corrected chi connectivity index (χ2v) is 10.3. The number of rotatable bonds is 7. The lowest BCUT2D eigenvalue weighted by molar-refractivity contribution is -0.134. The minimum Gasteiger partial charge on any atom is -0.493 e. The third-order valence-electron chi connectivity index (χ3n) is 8.85. The topological polar surface area (TPSA) is 48.0 Å². The van der Waals surface area contributed by atoms with Gasteiger partial charge >= 0.3 is 0 Å². The van der Waals surface area contributed by atoms with Gasteiger partial charge in [0.25, 0.3) is 0 Å². The lowest BCUT2D eigenvalue weighted by Gasteiger charge is -2.60. The van der Waals surface area contributed by atoms with Crippen LogP contribution in [-0.4, -0.2) is 51.1 Å². The number of Topliss-reactive ketones (excluding diaryl/α,β-unsaturated/α-hetero) is 1. The number of carbonyl (C=O) groups is 1. The van der Waals surface area contributed by atoms with Crippen molar-refractivity contribution in [2.45, 2.75) is 56.9 Å². The summed E-state index contributed by atoms with van der Waals surface area (Å²) in [6.45, 7) is 3.78.